The fraction of sp³-hybridized carbons (Fsp3) is 0.320. The summed E-state index contributed by atoms with van der Waals surface area (Å²) in [4.78, 5) is 33.8. The maximum atomic E-state index is 15.0. The van der Waals surface area contributed by atoms with Gasteiger partial charge in [0.25, 0.3) is 5.91 Å². The van der Waals surface area contributed by atoms with Crippen LogP contribution in [0.3, 0.4) is 0 Å². The molecule has 34 heavy (non-hydrogen) atoms. The fourth-order valence-electron chi connectivity index (χ4n) is 4.27. The molecule has 5 N–H and O–H groups in total. The number of carbonyl (C=O) groups excluding carboxylic acids is 2. The Bertz CT molecular complexity index is 1170. The topological polar surface area (TPSA) is 116 Å². The van der Waals surface area contributed by atoms with Crippen LogP contribution in [0.5, 0.6) is 0 Å². The van der Waals surface area contributed by atoms with Gasteiger partial charge in [0.05, 0.1) is 5.56 Å². The monoisotopic (exact) mass is 464 g/mol. The van der Waals surface area contributed by atoms with Crippen LogP contribution in [0.25, 0.3) is 11.1 Å². The Hall–Kier alpha value is -3.88. The Morgan fingerprint density at radius 1 is 1.18 bits per heavy atom. The molecule has 1 aliphatic heterocycles. The molecule has 178 valence electrons. The number of piperidine rings is 1. The number of rotatable bonds is 8. The van der Waals surface area contributed by atoms with Gasteiger partial charge in [0.15, 0.2) is 0 Å². The van der Waals surface area contributed by atoms with Crippen LogP contribution in [0.4, 0.5) is 21.7 Å². The van der Waals surface area contributed by atoms with E-state index >= 15 is 0 Å². The number of aryl methyl sites for hydroxylation is 1. The first kappa shape index (κ1) is 23.3. The molecule has 0 saturated carbocycles. The van der Waals surface area contributed by atoms with Gasteiger partial charge in [-0.15, -0.1) is 0 Å². The summed E-state index contributed by atoms with van der Waals surface area (Å²) in [7, 11) is 0. The van der Waals surface area contributed by atoms with Gasteiger partial charge in [-0.2, -0.15) is 0 Å². The molecule has 2 amide bonds. The van der Waals surface area contributed by atoms with Crippen LogP contribution in [-0.4, -0.2) is 41.4 Å². The second-order valence-electron chi connectivity index (χ2n) is 8.43. The molecular weight excluding hydrogens is 435 g/mol. The van der Waals surface area contributed by atoms with E-state index < -0.39 is 17.6 Å². The number of amides is 2. The predicted octanol–water partition coefficient (Wildman–Crippen LogP) is 3.86. The van der Waals surface area contributed by atoms with E-state index in [4.69, 9.17) is 5.73 Å². The molecule has 0 unspecified atom stereocenters. The second-order valence-corrected chi connectivity index (χ2v) is 8.43. The SMILES string of the molecule is Cc1cccc(F)c1-c1c(C(=O)NCCC(N)=O)c[nH]c1Nc1cc(N2CCCCC2)ccn1. The van der Waals surface area contributed by atoms with E-state index in [9.17, 15) is 14.0 Å². The molecule has 2 aromatic heterocycles. The number of pyridine rings is 1. The van der Waals surface area contributed by atoms with Crippen molar-refractivity contribution in [3.8, 4) is 11.1 Å². The molecule has 1 aliphatic rings. The lowest BCUT2D eigenvalue weighted by atomic mass is 9.97. The summed E-state index contributed by atoms with van der Waals surface area (Å²) in [6.07, 6.45) is 6.84. The number of hydrogen-bond donors (Lipinski definition) is 4. The molecule has 8 nitrogen and oxygen atoms in total. The Morgan fingerprint density at radius 2 is 1.97 bits per heavy atom. The zero-order valence-electron chi connectivity index (χ0n) is 19.2. The summed E-state index contributed by atoms with van der Waals surface area (Å²) in [5.41, 5.74) is 7.89. The van der Waals surface area contributed by atoms with Crippen molar-refractivity contribution in [2.45, 2.75) is 32.6 Å². The van der Waals surface area contributed by atoms with Crippen LogP contribution in [0.2, 0.25) is 0 Å². The number of carbonyl (C=O) groups is 2. The lowest BCUT2D eigenvalue weighted by Gasteiger charge is -2.28. The molecule has 1 saturated heterocycles. The largest absolute Gasteiger partial charge is 0.371 e. The number of nitrogens with one attached hydrogen (secondary N) is 3. The van der Waals surface area contributed by atoms with Crippen molar-refractivity contribution < 1.29 is 14.0 Å². The van der Waals surface area contributed by atoms with Crippen molar-refractivity contribution in [2.75, 3.05) is 29.9 Å². The van der Waals surface area contributed by atoms with E-state index in [0.29, 0.717) is 28.3 Å². The number of aromatic nitrogens is 2. The lowest BCUT2D eigenvalue weighted by molar-refractivity contribution is -0.117. The maximum absolute atomic E-state index is 15.0. The zero-order chi connectivity index (χ0) is 24.1. The van der Waals surface area contributed by atoms with Crippen LogP contribution in [0.15, 0.2) is 42.7 Å². The standard InChI is InChI=1S/C25H29FN6O2/c1-16-6-5-7-19(26)22(16)23-18(25(34)29-11-9-20(27)33)15-30-24(23)31-21-14-17(8-10-28-21)32-12-3-2-4-13-32/h5-8,10,14-15,30H,2-4,9,11-13H2,1H3,(H2,27,33)(H,28,31)(H,29,34). The van der Waals surface area contributed by atoms with Crippen molar-refractivity contribution in [3.05, 3.63) is 59.7 Å². The minimum Gasteiger partial charge on any atom is -0.371 e. The minimum atomic E-state index is -0.512. The number of nitrogens with two attached hydrogens (primary N) is 1. The molecule has 1 fully saturated rings. The summed E-state index contributed by atoms with van der Waals surface area (Å²) in [5.74, 6) is -0.346. The zero-order valence-corrected chi connectivity index (χ0v) is 19.2. The predicted molar refractivity (Wildman–Crippen MR) is 131 cm³/mol. The third-order valence-electron chi connectivity index (χ3n) is 5.97. The highest BCUT2D eigenvalue weighted by Crippen LogP contribution is 2.37. The van der Waals surface area contributed by atoms with Gasteiger partial charge >= 0.3 is 0 Å². The molecule has 0 bridgehead atoms. The molecule has 0 atom stereocenters. The summed E-state index contributed by atoms with van der Waals surface area (Å²) >= 11 is 0. The number of benzene rings is 1. The van der Waals surface area contributed by atoms with Crippen LogP contribution >= 0.6 is 0 Å². The molecule has 0 spiro atoms. The molecule has 0 aliphatic carbocycles. The van der Waals surface area contributed by atoms with Crippen molar-refractivity contribution in [1.29, 1.82) is 0 Å². The van der Waals surface area contributed by atoms with E-state index in [1.165, 1.54) is 18.7 Å². The maximum Gasteiger partial charge on any atom is 0.253 e. The molecule has 4 rings (SSSR count). The third kappa shape index (κ3) is 5.19. The van der Waals surface area contributed by atoms with Crippen molar-refractivity contribution in [3.63, 3.8) is 0 Å². The molecule has 3 aromatic rings. The van der Waals surface area contributed by atoms with Crippen LogP contribution in [0, 0.1) is 12.7 Å². The number of halogens is 1. The molecular formula is C25H29FN6O2. The average Bonchev–Trinajstić information content (AvgIpc) is 3.22. The van der Waals surface area contributed by atoms with Crippen LogP contribution < -0.4 is 21.3 Å². The van der Waals surface area contributed by atoms with Crippen LogP contribution in [-0.2, 0) is 4.79 Å². The highest BCUT2D eigenvalue weighted by atomic mass is 19.1. The second kappa shape index (κ2) is 10.4. The molecule has 1 aromatic carbocycles. The smallest absolute Gasteiger partial charge is 0.253 e. The van der Waals surface area contributed by atoms with E-state index in [0.717, 1.165) is 31.6 Å². The van der Waals surface area contributed by atoms with Crippen molar-refractivity contribution >= 4 is 29.1 Å². The number of aromatic amines is 1. The third-order valence-corrected chi connectivity index (χ3v) is 5.97. The normalized spacial score (nSPS) is 13.5. The van der Waals surface area contributed by atoms with Gasteiger partial charge < -0.3 is 26.3 Å². The molecule has 3 heterocycles. The summed E-state index contributed by atoms with van der Waals surface area (Å²) in [6.45, 7) is 3.89. The Labute approximate surface area is 197 Å². The van der Waals surface area contributed by atoms with Gasteiger partial charge in [0.1, 0.15) is 17.5 Å². The van der Waals surface area contributed by atoms with Gasteiger partial charge in [-0.1, -0.05) is 12.1 Å². The van der Waals surface area contributed by atoms with Gasteiger partial charge in [-0.25, -0.2) is 9.37 Å². The van der Waals surface area contributed by atoms with E-state index in [1.807, 2.05) is 12.1 Å². The minimum absolute atomic E-state index is 0.0164. The van der Waals surface area contributed by atoms with E-state index in [1.54, 1.807) is 25.3 Å². The first-order valence-electron chi connectivity index (χ1n) is 11.5. The van der Waals surface area contributed by atoms with Gasteiger partial charge in [-0.3, -0.25) is 9.59 Å². The molecule has 0 radical (unpaired) electrons. The lowest BCUT2D eigenvalue weighted by Crippen LogP contribution is -2.29. The first-order valence-corrected chi connectivity index (χ1v) is 11.5. The quantitative estimate of drug-likeness (QED) is 0.404. The van der Waals surface area contributed by atoms with Crippen molar-refractivity contribution in [2.24, 2.45) is 5.73 Å². The van der Waals surface area contributed by atoms with E-state index in [2.05, 4.69) is 25.5 Å². The average molecular weight is 465 g/mol. The fourth-order valence-corrected chi connectivity index (χ4v) is 4.27. The number of H-pyrrole nitrogens is 1. The number of hydrogen-bond acceptors (Lipinski definition) is 5. The van der Waals surface area contributed by atoms with Crippen molar-refractivity contribution in [1.82, 2.24) is 15.3 Å². The highest BCUT2D eigenvalue weighted by Gasteiger charge is 2.23. The van der Waals surface area contributed by atoms with Gasteiger partial charge in [0.2, 0.25) is 5.91 Å². The Balaban J connectivity index is 1.68. The number of nitrogens with zero attached hydrogens (tertiary/aromatic N) is 2. The number of primary amides is 1. The highest BCUT2D eigenvalue weighted by molar-refractivity contribution is 6.04. The summed E-state index contributed by atoms with van der Waals surface area (Å²) < 4.78 is 15.0. The van der Waals surface area contributed by atoms with Crippen LogP contribution in [0.1, 0.15) is 41.6 Å². The molecule has 9 heteroatoms. The Kier molecular flexibility index (Phi) is 7.10. The first-order chi connectivity index (χ1) is 16.4. The summed E-state index contributed by atoms with van der Waals surface area (Å²) in [6, 6.07) is 8.72. The van der Waals surface area contributed by atoms with Gasteiger partial charge in [-0.05, 0) is 43.9 Å². The van der Waals surface area contributed by atoms with E-state index in [-0.39, 0.29) is 18.5 Å². The van der Waals surface area contributed by atoms with Gasteiger partial charge in [0, 0.05) is 61.3 Å². The number of anilines is 3. The Morgan fingerprint density at radius 3 is 2.71 bits per heavy atom. The summed E-state index contributed by atoms with van der Waals surface area (Å²) in [5, 5.41) is 5.92.